The predicted molar refractivity (Wildman–Crippen MR) is 187 cm³/mol. The van der Waals surface area contributed by atoms with Crippen molar-refractivity contribution in [3.63, 3.8) is 0 Å². The number of benzene rings is 3. The average molecular weight is 691 g/mol. The molecule has 4 rings (SSSR count). The fraction of sp³-hybridized carbons (Fsp3) is 0.222. The van der Waals surface area contributed by atoms with Crippen molar-refractivity contribution < 1.29 is 26.3 Å². The van der Waals surface area contributed by atoms with Gasteiger partial charge in [0.15, 0.2) is 7.85 Å². The summed E-state index contributed by atoms with van der Waals surface area (Å²) in [4.78, 5) is 0.144. The third-order valence-corrected chi connectivity index (χ3v) is 9.15. The van der Waals surface area contributed by atoms with E-state index in [9.17, 15) is 22.8 Å². The van der Waals surface area contributed by atoms with Gasteiger partial charge in [0.25, 0.3) is 5.66 Å². The molecule has 3 N–H and O–H groups in total. The Kier molecular flexibility index (Phi) is 9.69. The monoisotopic (exact) mass is 691 g/mol. The molecule has 0 heterocycles. The van der Waals surface area contributed by atoms with E-state index >= 15 is 8.78 Å². The smallest absolute Gasteiger partial charge is 0.283 e. The van der Waals surface area contributed by atoms with Gasteiger partial charge in [-0.2, -0.15) is 14.0 Å². The fourth-order valence-corrected chi connectivity index (χ4v) is 6.48. The minimum atomic E-state index is -3.71. The van der Waals surface area contributed by atoms with Crippen LogP contribution in [-0.4, -0.2) is 14.1 Å². The summed E-state index contributed by atoms with van der Waals surface area (Å²) >= 11 is 4.60. The van der Waals surface area contributed by atoms with Crippen molar-refractivity contribution in [3.05, 3.63) is 109 Å². The first-order chi connectivity index (χ1) is 22.1. The van der Waals surface area contributed by atoms with Crippen LogP contribution in [0.2, 0.25) is 0 Å². The first-order valence-corrected chi connectivity index (χ1v) is 15.3. The van der Waals surface area contributed by atoms with Crippen molar-refractivity contribution >= 4 is 58.3 Å². The second-order valence-electron chi connectivity index (χ2n) is 11.9. The van der Waals surface area contributed by atoms with Gasteiger partial charge in [-0.3, -0.25) is 0 Å². The molecule has 1 atom stereocenters. The van der Waals surface area contributed by atoms with Gasteiger partial charge in [0, 0.05) is 66.9 Å². The first kappa shape index (κ1) is 36.7. The third kappa shape index (κ3) is 6.47. The van der Waals surface area contributed by atoms with Gasteiger partial charge in [0.1, 0.15) is 17.6 Å². The number of nitrogens with one attached hydrogen (secondary N) is 1. The lowest BCUT2D eigenvalue weighted by atomic mass is 9.87. The quantitative estimate of drug-likeness (QED) is 0.0338. The van der Waals surface area contributed by atoms with E-state index in [1.54, 1.807) is 6.92 Å². The second kappa shape index (κ2) is 12.7. The zero-order valence-corrected chi connectivity index (χ0v) is 28.6. The Morgan fingerprint density at radius 1 is 0.979 bits per heavy atom. The third-order valence-electron chi connectivity index (χ3n) is 8.26. The van der Waals surface area contributed by atoms with Crippen molar-refractivity contribution in [1.29, 1.82) is 10.7 Å². The lowest BCUT2D eigenvalue weighted by molar-refractivity contribution is 0.0941. The number of halogens is 6. The summed E-state index contributed by atoms with van der Waals surface area (Å²) in [6.07, 6.45) is 6.82. The van der Waals surface area contributed by atoms with Crippen molar-refractivity contribution in [2.45, 2.75) is 56.7 Å². The molecule has 3 aromatic rings. The van der Waals surface area contributed by atoms with Crippen LogP contribution < -0.4 is 5.73 Å². The van der Waals surface area contributed by atoms with E-state index in [1.807, 2.05) is 0 Å². The Labute approximate surface area is 284 Å². The van der Waals surface area contributed by atoms with E-state index in [2.05, 4.69) is 24.6 Å². The molecule has 0 amide bonds. The highest BCUT2D eigenvalue weighted by Gasteiger charge is 2.42. The summed E-state index contributed by atoms with van der Waals surface area (Å²) in [6.45, 7) is 6.91. The maximum atomic E-state index is 15.9. The standard InChI is InChI=1S/C36H29BF6N3PS/c1-7-22(24-11-8-20(35(37,40)41)12-19(24)14-44)29-28(16(2)23-10-9-21(13-26(23)46)36(42,43)47)30(29)25(15-45)27-17(3)32(38)31(34(5,6)39)18(4)33(27)48/h1,8-14,44,48H,46-47H2,2-6H3. The number of nitriles is 1. The van der Waals surface area contributed by atoms with Gasteiger partial charge < -0.3 is 11.1 Å². The molecule has 1 aliphatic carbocycles. The summed E-state index contributed by atoms with van der Waals surface area (Å²) in [5, 5.41) is 18.5. The van der Waals surface area contributed by atoms with Gasteiger partial charge in [-0.15, -0.1) is 19.1 Å². The van der Waals surface area contributed by atoms with E-state index in [0.717, 1.165) is 24.4 Å². The van der Waals surface area contributed by atoms with Gasteiger partial charge >= 0.3 is 0 Å². The highest BCUT2D eigenvalue weighted by Crippen LogP contribution is 2.57. The molecule has 0 saturated heterocycles. The summed E-state index contributed by atoms with van der Waals surface area (Å²) in [7, 11) is 6.43. The van der Waals surface area contributed by atoms with Gasteiger partial charge in [-0.25, -0.2) is 17.6 Å². The maximum Gasteiger partial charge on any atom is 0.283 e. The molecule has 0 spiro atoms. The van der Waals surface area contributed by atoms with Crippen molar-refractivity contribution in [2.24, 2.45) is 0 Å². The van der Waals surface area contributed by atoms with Crippen LogP contribution in [0, 0.1) is 48.7 Å². The van der Waals surface area contributed by atoms with Gasteiger partial charge in [-0.1, -0.05) is 39.4 Å². The SMILES string of the molecule is [B]C(F)(F)c1ccc(C(C#C)=C2C(=C(C)c3ccc(C(F)(F)P)cc3N)C2=C(C#N)c2c(C)c(F)c(C(C)(C)F)c(C)c2S)c(C=N)c1. The first-order valence-electron chi connectivity index (χ1n) is 14.3. The zero-order valence-electron chi connectivity index (χ0n) is 26.5. The Morgan fingerprint density at radius 2 is 1.54 bits per heavy atom. The van der Waals surface area contributed by atoms with Crippen LogP contribution in [0.1, 0.15) is 70.8 Å². The minimum absolute atomic E-state index is 0.00568. The number of nitrogen functional groups attached to an aromatic ring is 1. The zero-order chi connectivity index (χ0) is 36.3. The molecule has 48 heavy (non-hydrogen) atoms. The topological polar surface area (TPSA) is 73.7 Å². The minimum Gasteiger partial charge on any atom is -0.398 e. The van der Waals surface area contributed by atoms with Crippen LogP contribution >= 0.6 is 21.9 Å². The van der Waals surface area contributed by atoms with Gasteiger partial charge in [0.05, 0.1) is 5.57 Å². The maximum absolute atomic E-state index is 15.9. The number of anilines is 1. The highest BCUT2D eigenvalue weighted by molar-refractivity contribution is 7.80. The summed E-state index contributed by atoms with van der Waals surface area (Å²) in [6, 6.07) is 9.14. The Balaban J connectivity index is 2.18. The summed E-state index contributed by atoms with van der Waals surface area (Å²) < 4.78 is 87.0. The molecule has 0 aromatic heterocycles. The molecule has 0 aliphatic heterocycles. The van der Waals surface area contributed by atoms with Crippen LogP contribution in [0.3, 0.4) is 0 Å². The molecule has 3 aromatic carbocycles. The van der Waals surface area contributed by atoms with E-state index in [4.69, 9.17) is 25.4 Å². The Morgan fingerprint density at radius 3 is 2.02 bits per heavy atom. The molecule has 1 saturated carbocycles. The molecular formula is C36H29BF6N3PS. The van der Waals surface area contributed by atoms with E-state index in [0.29, 0.717) is 16.7 Å². The summed E-state index contributed by atoms with van der Waals surface area (Å²) in [5.74, 6) is -2.04. The van der Waals surface area contributed by atoms with Crippen LogP contribution in [-0.2, 0) is 17.2 Å². The number of hydrogen-bond acceptors (Lipinski definition) is 4. The lowest BCUT2D eigenvalue weighted by Gasteiger charge is -2.23. The number of hydrogen-bond donors (Lipinski definition) is 3. The van der Waals surface area contributed by atoms with Crippen LogP contribution in [0.5, 0.6) is 0 Å². The number of alkyl halides is 5. The molecule has 3 nitrogen and oxygen atoms in total. The molecule has 2 radical (unpaired) electrons. The number of thiol groups is 1. The van der Waals surface area contributed by atoms with Crippen LogP contribution in [0.25, 0.3) is 16.7 Å². The molecule has 244 valence electrons. The predicted octanol–water partition coefficient (Wildman–Crippen LogP) is 9.51. The fourth-order valence-electron chi connectivity index (χ4n) is 5.91. The van der Waals surface area contributed by atoms with Crippen molar-refractivity contribution in [2.75, 3.05) is 5.73 Å². The summed E-state index contributed by atoms with van der Waals surface area (Å²) in [5.41, 5.74) is 1.75. The largest absolute Gasteiger partial charge is 0.398 e. The van der Waals surface area contributed by atoms with Crippen LogP contribution in [0.15, 0.2) is 58.0 Å². The van der Waals surface area contributed by atoms with Crippen LogP contribution in [0.4, 0.5) is 32.0 Å². The average Bonchev–Trinajstić information content (AvgIpc) is 3.71. The lowest BCUT2D eigenvalue weighted by Crippen LogP contribution is -2.17. The highest BCUT2D eigenvalue weighted by atomic mass is 32.1. The Hall–Kier alpha value is -4.18. The Bertz CT molecular complexity index is 2060. The van der Waals surface area contributed by atoms with E-state index in [-0.39, 0.29) is 71.8 Å². The van der Waals surface area contributed by atoms with Gasteiger partial charge in [-0.05, 0) is 74.6 Å². The van der Waals surface area contributed by atoms with E-state index < -0.39 is 28.5 Å². The number of nitrogens with zero attached hydrogens (tertiary/aromatic N) is 1. The molecule has 12 heteroatoms. The number of allylic oxidation sites excluding steroid dienone is 6. The molecule has 1 unspecified atom stereocenters. The molecule has 1 fully saturated rings. The normalized spacial score (nSPS) is 16.6. The number of nitrogens with two attached hydrogens (primary N) is 1. The molecular weight excluding hydrogens is 662 g/mol. The van der Waals surface area contributed by atoms with Gasteiger partial charge in [0.2, 0.25) is 5.82 Å². The van der Waals surface area contributed by atoms with Crippen molar-refractivity contribution in [3.8, 4) is 18.4 Å². The number of terminal acetylenes is 1. The second-order valence-corrected chi connectivity index (χ2v) is 13.1. The molecule has 1 aliphatic rings. The molecule has 0 bridgehead atoms. The van der Waals surface area contributed by atoms with Crippen molar-refractivity contribution in [1.82, 2.24) is 0 Å². The van der Waals surface area contributed by atoms with E-state index in [1.165, 1.54) is 55.1 Å². The number of rotatable bonds is 7.